The van der Waals surface area contributed by atoms with Crippen LogP contribution in [0.2, 0.25) is 0 Å². The van der Waals surface area contributed by atoms with Crippen LogP contribution in [0.1, 0.15) is 41.9 Å². The summed E-state index contributed by atoms with van der Waals surface area (Å²) < 4.78 is 11.3. The summed E-state index contributed by atoms with van der Waals surface area (Å²) in [5.41, 5.74) is 3.50. The highest BCUT2D eigenvalue weighted by Gasteiger charge is 2.42. The van der Waals surface area contributed by atoms with E-state index in [1.54, 1.807) is 7.11 Å². The Morgan fingerprint density at radius 1 is 1.22 bits per heavy atom. The van der Waals surface area contributed by atoms with Gasteiger partial charge in [0.25, 0.3) is 5.91 Å². The monoisotopic (exact) mass is 364 g/mol. The first-order valence-corrected chi connectivity index (χ1v) is 9.22. The second-order valence-electron chi connectivity index (χ2n) is 7.19. The van der Waals surface area contributed by atoms with Crippen molar-refractivity contribution in [1.82, 2.24) is 4.90 Å². The van der Waals surface area contributed by atoms with Crippen LogP contribution in [-0.2, 0) is 0 Å². The first-order valence-electron chi connectivity index (χ1n) is 9.22. The normalized spacial score (nSPS) is 18.5. The molecule has 1 atom stereocenters. The number of rotatable bonds is 6. The van der Waals surface area contributed by atoms with Gasteiger partial charge >= 0.3 is 0 Å². The van der Waals surface area contributed by atoms with Gasteiger partial charge in [0.2, 0.25) is 0 Å². The summed E-state index contributed by atoms with van der Waals surface area (Å²) >= 11 is 0. The summed E-state index contributed by atoms with van der Waals surface area (Å²) in [6.45, 7) is 6.23. The third-order valence-corrected chi connectivity index (χ3v) is 4.88. The average Bonchev–Trinajstić information content (AvgIpc) is 3.51. The molecule has 140 valence electrons. The van der Waals surface area contributed by atoms with Gasteiger partial charge in [-0.15, -0.1) is 0 Å². The first-order chi connectivity index (χ1) is 13.1. The van der Waals surface area contributed by atoms with Gasteiger partial charge in [-0.25, -0.2) is 0 Å². The lowest BCUT2D eigenvalue weighted by molar-refractivity contribution is 0.0666. The van der Waals surface area contributed by atoms with Crippen LogP contribution in [0.25, 0.3) is 0 Å². The number of benzene rings is 2. The molecule has 1 unspecified atom stereocenters. The van der Waals surface area contributed by atoms with Gasteiger partial charge in [0.05, 0.1) is 12.7 Å². The number of carbonyl (C=O) groups excluding carboxylic acids is 1. The van der Waals surface area contributed by atoms with Crippen molar-refractivity contribution in [2.75, 3.05) is 19.0 Å². The maximum Gasteiger partial charge on any atom is 0.258 e. The number of para-hydroxylation sites is 1. The quantitative estimate of drug-likeness (QED) is 0.773. The Kier molecular flexibility index (Phi) is 4.52. The van der Waals surface area contributed by atoms with Gasteiger partial charge in [0.1, 0.15) is 12.8 Å². The fraction of sp³-hybridized carbons (Fsp3) is 0.318. The van der Waals surface area contributed by atoms with Crippen molar-refractivity contribution in [2.24, 2.45) is 0 Å². The summed E-state index contributed by atoms with van der Waals surface area (Å²) in [7, 11) is 1.62. The molecule has 0 saturated heterocycles. The number of methoxy groups -OCH3 is 1. The number of amides is 1. The number of carbonyl (C=O) groups is 1. The van der Waals surface area contributed by atoms with Crippen LogP contribution in [0, 0.1) is 0 Å². The van der Waals surface area contributed by atoms with Gasteiger partial charge < -0.3 is 19.7 Å². The predicted molar refractivity (Wildman–Crippen MR) is 105 cm³/mol. The van der Waals surface area contributed by atoms with Crippen molar-refractivity contribution < 1.29 is 14.3 Å². The van der Waals surface area contributed by atoms with E-state index < -0.39 is 0 Å². The SMILES string of the molecule is C=C(C)COc1cc(C2Nc3ccccc3C(=O)N2C2CC2)ccc1OC. The topological polar surface area (TPSA) is 50.8 Å². The van der Waals surface area contributed by atoms with E-state index in [1.165, 1.54) is 0 Å². The van der Waals surface area contributed by atoms with Crippen molar-refractivity contribution in [3.8, 4) is 11.5 Å². The van der Waals surface area contributed by atoms with Gasteiger partial charge in [-0.2, -0.15) is 0 Å². The lowest BCUT2D eigenvalue weighted by atomic mass is 10.0. The zero-order valence-electron chi connectivity index (χ0n) is 15.7. The number of nitrogens with zero attached hydrogens (tertiary/aromatic N) is 1. The van der Waals surface area contributed by atoms with Gasteiger partial charge in [-0.05, 0) is 55.2 Å². The Hall–Kier alpha value is -2.95. The minimum atomic E-state index is -0.224. The molecule has 1 fully saturated rings. The highest BCUT2D eigenvalue weighted by Crippen LogP contribution is 2.42. The van der Waals surface area contributed by atoms with E-state index >= 15 is 0 Å². The maximum absolute atomic E-state index is 13.1. The average molecular weight is 364 g/mol. The molecule has 4 rings (SSSR count). The molecule has 2 aromatic rings. The molecule has 0 radical (unpaired) electrons. The number of hydrogen-bond donors (Lipinski definition) is 1. The second-order valence-corrected chi connectivity index (χ2v) is 7.19. The largest absolute Gasteiger partial charge is 0.493 e. The molecule has 27 heavy (non-hydrogen) atoms. The van der Waals surface area contributed by atoms with Crippen molar-refractivity contribution in [3.63, 3.8) is 0 Å². The zero-order valence-corrected chi connectivity index (χ0v) is 15.7. The Morgan fingerprint density at radius 3 is 2.70 bits per heavy atom. The summed E-state index contributed by atoms with van der Waals surface area (Å²) in [4.78, 5) is 15.1. The Morgan fingerprint density at radius 2 is 2.00 bits per heavy atom. The molecule has 1 N–H and O–H groups in total. The van der Waals surface area contributed by atoms with Crippen LogP contribution in [0.15, 0.2) is 54.6 Å². The molecule has 2 aromatic carbocycles. The van der Waals surface area contributed by atoms with Crippen LogP contribution >= 0.6 is 0 Å². The van der Waals surface area contributed by atoms with Gasteiger partial charge in [0.15, 0.2) is 11.5 Å². The molecule has 0 spiro atoms. The molecule has 0 bridgehead atoms. The number of anilines is 1. The lowest BCUT2D eigenvalue weighted by Gasteiger charge is -2.38. The molecule has 0 aromatic heterocycles. The third kappa shape index (κ3) is 3.37. The van der Waals surface area contributed by atoms with Crippen molar-refractivity contribution in [1.29, 1.82) is 0 Å². The van der Waals surface area contributed by atoms with Crippen LogP contribution < -0.4 is 14.8 Å². The summed E-state index contributed by atoms with van der Waals surface area (Å²) in [5, 5.41) is 3.54. The van der Waals surface area contributed by atoms with Crippen LogP contribution in [0.5, 0.6) is 11.5 Å². The first kappa shape index (κ1) is 17.5. The zero-order chi connectivity index (χ0) is 19.0. The standard InChI is InChI=1S/C22H24N2O3/c1-14(2)13-27-20-12-15(8-11-19(20)26-3)21-23-18-7-5-4-6-17(18)22(25)24(21)16-9-10-16/h4-8,11-12,16,21,23H,1,9-10,13H2,2-3H3. The van der Waals surface area contributed by atoms with Gasteiger partial charge in [-0.3, -0.25) is 4.79 Å². The molecule has 2 aliphatic rings. The predicted octanol–water partition coefficient (Wildman–Crippen LogP) is 4.38. The molecule has 5 heteroatoms. The molecule has 1 aliphatic carbocycles. The summed E-state index contributed by atoms with van der Waals surface area (Å²) in [6, 6.07) is 13.8. The van der Waals surface area contributed by atoms with E-state index in [-0.39, 0.29) is 18.1 Å². The smallest absolute Gasteiger partial charge is 0.258 e. The van der Waals surface area contributed by atoms with Crippen LogP contribution in [0.4, 0.5) is 5.69 Å². The third-order valence-electron chi connectivity index (χ3n) is 4.88. The van der Waals surface area contributed by atoms with E-state index in [2.05, 4.69) is 11.9 Å². The highest BCUT2D eigenvalue weighted by atomic mass is 16.5. The lowest BCUT2D eigenvalue weighted by Crippen LogP contribution is -2.44. The Balaban J connectivity index is 1.71. The van der Waals surface area contributed by atoms with E-state index in [0.29, 0.717) is 18.1 Å². The Labute approximate surface area is 159 Å². The minimum absolute atomic E-state index is 0.0806. The molecule has 1 heterocycles. The van der Waals surface area contributed by atoms with Gasteiger partial charge in [0, 0.05) is 11.7 Å². The molecule has 1 aliphatic heterocycles. The molecule has 5 nitrogen and oxygen atoms in total. The van der Waals surface area contributed by atoms with Gasteiger partial charge in [-0.1, -0.05) is 24.8 Å². The second kappa shape index (κ2) is 6.99. The minimum Gasteiger partial charge on any atom is -0.493 e. The number of nitrogens with one attached hydrogen (secondary N) is 1. The van der Waals surface area contributed by atoms with E-state index in [9.17, 15) is 4.79 Å². The molecule has 1 amide bonds. The summed E-state index contributed by atoms with van der Waals surface area (Å²) in [6.07, 6.45) is 1.86. The van der Waals surface area contributed by atoms with Crippen LogP contribution in [0.3, 0.4) is 0 Å². The maximum atomic E-state index is 13.1. The molecular weight excluding hydrogens is 340 g/mol. The Bertz CT molecular complexity index is 889. The number of fused-ring (bicyclic) bond motifs is 1. The molecule has 1 saturated carbocycles. The summed E-state index contributed by atoms with van der Waals surface area (Å²) in [5.74, 6) is 1.40. The fourth-order valence-electron chi connectivity index (χ4n) is 3.42. The van der Waals surface area contributed by atoms with E-state index in [1.807, 2.05) is 54.3 Å². The highest BCUT2D eigenvalue weighted by molar-refractivity contribution is 6.02. The van der Waals surface area contributed by atoms with E-state index in [4.69, 9.17) is 9.47 Å². The van der Waals surface area contributed by atoms with Crippen molar-refractivity contribution in [2.45, 2.75) is 32.0 Å². The fourth-order valence-corrected chi connectivity index (χ4v) is 3.42. The van der Waals surface area contributed by atoms with Crippen molar-refractivity contribution >= 4 is 11.6 Å². The van der Waals surface area contributed by atoms with E-state index in [0.717, 1.165) is 35.2 Å². The molecular formula is C22H24N2O3. The number of hydrogen-bond acceptors (Lipinski definition) is 4. The van der Waals surface area contributed by atoms with Crippen LogP contribution in [-0.4, -0.2) is 30.6 Å². The van der Waals surface area contributed by atoms with Crippen molar-refractivity contribution in [3.05, 3.63) is 65.7 Å². The number of ether oxygens (including phenoxy) is 2.